The lowest BCUT2D eigenvalue weighted by molar-refractivity contribution is 0.0671. The summed E-state index contributed by atoms with van der Waals surface area (Å²) in [5.74, 6) is 1.32. The first-order valence-electron chi connectivity index (χ1n) is 7.84. The van der Waals surface area contributed by atoms with Gasteiger partial charge in [-0.1, -0.05) is 31.9 Å². The summed E-state index contributed by atoms with van der Waals surface area (Å²) in [6, 6.07) is 1.73. The molecule has 1 aromatic rings. The van der Waals surface area contributed by atoms with Gasteiger partial charge in [-0.15, -0.1) is 0 Å². The van der Waals surface area contributed by atoms with E-state index in [1.165, 1.54) is 6.42 Å². The molecule has 21 heavy (non-hydrogen) atoms. The van der Waals surface area contributed by atoms with Gasteiger partial charge in [0.1, 0.15) is 5.82 Å². The molecule has 1 atom stereocenters. The number of halogens is 1. The Morgan fingerprint density at radius 2 is 2.33 bits per heavy atom. The fourth-order valence-corrected chi connectivity index (χ4v) is 2.93. The van der Waals surface area contributed by atoms with Gasteiger partial charge in [0, 0.05) is 25.8 Å². The number of piperidine rings is 1. The zero-order valence-corrected chi connectivity index (χ0v) is 13.6. The molecule has 5 heteroatoms. The van der Waals surface area contributed by atoms with E-state index in [9.17, 15) is 4.79 Å². The molecular formula is C16H24ClN3O. The predicted octanol–water partition coefficient (Wildman–Crippen LogP) is 3.82. The molecule has 2 heterocycles. The van der Waals surface area contributed by atoms with Gasteiger partial charge >= 0.3 is 0 Å². The average Bonchev–Trinajstić information content (AvgIpc) is 2.53. The quantitative estimate of drug-likeness (QED) is 0.899. The lowest BCUT2D eigenvalue weighted by atomic mass is 9.95. The Labute approximate surface area is 131 Å². The van der Waals surface area contributed by atoms with Crippen LogP contribution in [0.4, 0.5) is 5.82 Å². The SMILES string of the molecule is CCCNc1ncc(C(=O)N2CCCC(CC)C2)cc1Cl. The summed E-state index contributed by atoms with van der Waals surface area (Å²) in [6.07, 6.45) is 6.07. The minimum absolute atomic E-state index is 0.0459. The van der Waals surface area contributed by atoms with Crippen molar-refractivity contribution < 1.29 is 4.79 Å². The number of hydrogen-bond acceptors (Lipinski definition) is 3. The summed E-state index contributed by atoms with van der Waals surface area (Å²) < 4.78 is 0. The molecule has 1 fully saturated rings. The van der Waals surface area contributed by atoms with Crippen LogP contribution < -0.4 is 5.32 Å². The van der Waals surface area contributed by atoms with Crippen LogP contribution in [0.1, 0.15) is 49.9 Å². The van der Waals surface area contributed by atoms with E-state index in [0.29, 0.717) is 22.3 Å². The first kappa shape index (κ1) is 16.1. The first-order valence-corrected chi connectivity index (χ1v) is 8.22. The van der Waals surface area contributed by atoms with Crippen LogP contribution in [-0.2, 0) is 0 Å². The molecule has 1 aliphatic heterocycles. The minimum atomic E-state index is 0.0459. The molecule has 4 nitrogen and oxygen atoms in total. The second-order valence-corrected chi connectivity index (χ2v) is 6.06. The van der Waals surface area contributed by atoms with Gasteiger partial charge in [-0.2, -0.15) is 0 Å². The molecule has 0 aliphatic carbocycles. The topological polar surface area (TPSA) is 45.2 Å². The van der Waals surface area contributed by atoms with Gasteiger partial charge in [0.15, 0.2) is 0 Å². The molecule has 0 bridgehead atoms. The van der Waals surface area contributed by atoms with Gasteiger partial charge in [0.2, 0.25) is 0 Å². The van der Waals surface area contributed by atoms with Crippen molar-refractivity contribution >= 4 is 23.3 Å². The number of aromatic nitrogens is 1. The van der Waals surface area contributed by atoms with E-state index in [2.05, 4.69) is 24.1 Å². The van der Waals surface area contributed by atoms with Crippen LogP contribution in [0, 0.1) is 5.92 Å². The molecule has 1 aromatic heterocycles. The zero-order valence-electron chi connectivity index (χ0n) is 12.9. The molecule has 0 aromatic carbocycles. The van der Waals surface area contributed by atoms with E-state index < -0.39 is 0 Å². The fraction of sp³-hybridized carbons (Fsp3) is 0.625. The van der Waals surface area contributed by atoms with Crippen LogP contribution >= 0.6 is 11.6 Å². The molecule has 0 saturated carbocycles. The Morgan fingerprint density at radius 1 is 1.52 bits per heavy atom. The number of nitrogens with zero attached hydrogens (tertiary/aromatic N) is 2. The molecule has 0 radical (unpaired) electrons. The number of likely N-dealkylation sites (tertiary alicyclic amines) is 1. The van der Waals surface area contributed by atoms with Crippen molar-refractivity contribution in [1.29, 1.82) is 0 Å². The summed E-state index contributed by atoms with van der Waals surface area (Å²) in [7, 11) is 0. The number of amides is 1. The molecular weight excluding hydrogens is 286 g/mol. The summed E-state index contributed by atoms with van der Waals surface area (Å²) in [5, 5.41) is 3.67. The van der Waals surface area contributed by atoms with E-state index in [1.807, 2.05) is 4.90 Å². The Hall–Kier alpha value is -1.29. The highest BCUT2D eigenvalue weighted by Crippen LogP contribution is 2.24. The van der Waals surface area contributed by atoms with E-state index in [0.717, 1.165) is 38.9 Å². The van der Waals surface area contributed by atoms with Crippen LogP contribution in [0.15, 0.2) is 12.3 Å². The third-order valence-corrected chi connectivity index (χ3v) is 4.30. The molecule has 1 N–H and O–H groups in total. The number of hydrogen-bond donors (Lipinski definition) is 1. The summed E-state index contributed by atoms with van der Waals surface area (Å²) in [4.78, 5) is 18.8. The number of anilines is 1. The van der Waals surface area contributed by atoms with Gasteiger partial charge in [0.05, 0.1) is 10.6 Å². The first-order chi connectivity index (χ1) is 10.2. The van der Waals surface area contributed by atoms with Gasteiger partial charge in [-0.05, 0) is 31.2 Å². The Morgan fingerprint density at radius 3 is 3.00 bits per heavy atom. The monoisotopic (exact) mass is 309 g/mol. The predicted molar refractivity (Wildman–Crippen MR) is 86.9 cm³/mol. The maximum Gasteiger partial charge on any atom is 0.255 e. The zero-order chi connectivity index (χ0) is 15.2. The molecule has 1 aliphatic rings. The van der Waals surface area contributed by atoms with Crippen LogP contribution in [0.3, 0.4) is 0 Å². The third-order valence-electron chi connectivity index (χ3n) is 4.01. The fourth-order valence-electron chi connectivity index (χ4n) is 2.69. The molecule has 2 rings (SSSR count). The second kappa shape index (κ2) is 7.64. The molecule has 1 amide bonds. The second-order valence-electron chi connectivity index (χ2n) is 5.65. The number of nitrogens with one attached hydrogen (secondary N) is 1. The van der Waals surface area contributed by atoms with Crippen molar-refractivity contribution in [3.05, 3.63) is 22.8 Å². The normalized spacial score (nSPS) is 18.6. The maximum atomic E-state index is 12.5. The third kappa shape index (κ3) is 4.10. The van der Waals surface area contributed by atoms with Gasteiger partial charge in [-0.25, -0.2) is 4.98 Å². The summed E-state index contributed by atoms with van der Waals surface area (Å²) >= 11 is 6.21. The van der Waals surface area contributed by atoms with E-state index in [1.54, 1.807) is 12.3 Å². The van der Waals surface area contributed by atoms with E-state index in [-0.39, 0.29) is 5.91 Å². The van der Waals surface area contributed by atoms with Crippen molar-refractivity contribution in [3.8, 4) is 0 Å². The standard InChI is InChI=1S/C16H24ClN3O/c1-3-7-18-15-14(17)9-13(10-19-15)16(21)20-8-5-6-12(4-2)11-20/h9-10,12H,3-8,11H2,1-2H3,(H,18,19). The highest BCUT2D eigenvalue weighted by Gasteiger charge is 2.24. The largest absolute Gasteiger partial charge is 0.369 e. The van der Waals surface area contributed by atoms with Gasteiger partial charge < -0.3 is 10.2 Å². The van der Waals surface area contributed by atoms with Crippen LogP contribution in [-0.4, -0.2) is 35.4 Å². The smallest absolute Gasteiger partial charge is 0.255 e. The lowest BCUT2D eigenvalue weighted by Crippen LogP contribution is -2.39. The molecule has 1 saturated heterocycles. The van der Waals surface area contributed by atoms with Gasteiger partial charge in [0.25, 0.3) is 5.91 Å². The lowest BCUT2D eigenvalue weighted by Gasteiger charge is -2.32. The number of pyridine rings is 1. The van der Waals surface area contributed by atoms with Crippen LogP contribution in [0.5, 0.6) is 0 Å². The molecule has 116 valence electrons. The van der Waals surface area contributed by atoms with Crippen LogP contribution in [0.2, 0.25) is 5.02 Å². The molecule has 1 unspecified atom stereocenters. The Kier molecular flexibility index (Phi) is 5.85. The van der Waals surface area contributed by atoms with Crippen molar-refractivity contribution in [1.82, 2.24) is 9.88 Å². The Balaban J connectivity index is 2.07. The minimum Gasteiger partial charge on any atom is -0.369 e. The van der Waals surface area contributed by atoms with Crippen molar-refractivity contribution in [3.63, 3.8) is 0 Å². The number of rotatable bonds is 5. The highest BCUT2D eigenvalue weighted by atomic mass is 35.5. The average molecular weight is 310 g/mol. The van der Waals surface area contributed by atoms with Crippen molar-refractivity contribution in [2.24, 2.45) is 5.92 Å². The van der Waals surface area contributed by atoms with Crippen molar-refractivity contribution in [2.75, 3.05) is 25.0 Å². The van der Waals surface area contributed by atoms with E-state index in [4.69, 9.17) is 11.6 Å². The van der Waals surface area contributed by atoms with Crippen molar-refractivity contribution in [2.45, 2.75) is 39.5 Å². The molecule has 0 spiro atoms. The highest BCUT2D eigenvalue weighted by molar-refractivity contribution is 6.33. The maximum absolute atomic E-state index is 12.5. The van der Waals surface area contributed by atoms with Crippen LogP contribution in [0.25, 0.3) is 0 Å². The van der Waals surface area contributed by atoms with Gasteiger partial charge in [-0.3, -0.25) is 4.79 Å². The number of carbonyl (C=O) groups excluding carboxylic acids is 1. The summed E-state index contributed by atoms with van der Waals surface area (Å²) in [5.41, 5.74) is 0.582. The summed E-state index contributed by atoms with van der Waals surface area (Å²) in [6.45, 7) is 6.78. The van der Waals surface area contributed by atoms with E-state index >= 15 is 0 Å². The number of carbonyl (C=O) groups is 1. The Bertz CT molecular complexity index is 492.